The van der Waals surface area contributed by atoms with Crippen LogP contribution in [0.5, 0.6) is 5.75 Å². The van der Waals surface area contributed by atoms with Gasteiger partial charge in [0.1, 0.15) is 11.6 Å². The first kappa shape index (κ1) is 10.6. The maximum atomic E-state index is 13.2. The van der Waals surface area contributed by atoms with Crippen molar-refractivity contribution < 1.29 is 9.50 Å². The van der Waals surface area contributed by atoms with Crippen molar-refractivity contribution in [3.8, 4) is 11.4 Å². The van der Waals surface area contributed by atoms with Crippen LogP contribution in [0.2, 0.25) is 0 Å². The molecule has 1 heterocycles. The highest BCUT2D eigenvalue weighted by Gasteiger charge is 2.09. The molecule has 0 aliphatic heterocycles. The fraction of sp³-hybridized carbons (Fsp3) is 0. The fourth-order valence-corrected chi connectivity index (χ4v) is 1.93. The molecule has 0 saturated heterocycles. The Morgan fingerprint density at radius 1 is 1.11 bits per heavy atom. The average molecular weight is 244 g/mol. The lowest BCUT2D eigenvalue weighted by Crippen LogP contribution is -2.14. The maximum Gasteiger partial charge on any atom is 0.331 e. The van der Waals surface area contributed by atoms with Crippen molar-refractivity contribution in [2.45, 2.75) is 0 Å². The third-order valence-corrected chi connectivity index (χ3v) is 2.75. The van der Waals surface area contributed by atoms with E-state index in [-0.39, 0.29) is 11.4 Å². The Labute approximate surface area is 101 Å². The summed E-state index contributed by atoms with van der Waals surface area (Å²) in [4.78, 5) is 14.5. The summed E-state index contributed by atoms with van der Waals surface area (Å²) in [5.41, 5.74) is 1.25. The number of aromatic hydroxyl groups is 1. The van der Waals surface area contributed by atoms with E-state index in [1.807, 2.05) is 0 Å². The van der Waals surface area contributed by atoms with Crippen molar-refractivity contribution in [2.75, 3.05) is 0 Å². The second-order valence-corrected chi connectivity index (χ2v) is 3.94. The fourth-order valence-electron chi connectivity index (χ4n) is 1.93. The number of hydrogen-bond acceptors (Lipinski definition) is 2. The summed E-state index contributed by atoms with van der Waals surface area (Å²) in [5, 5.41) is 9.23. The van der Waals surface area contributed by atoms with Crippen LogP contribution in [-0.2, 0) is 0 Å². The number of fused-ring (bicyclic) bond motifs is 1. The second-order valence-electron chi connectivity index (χ2n) is 3.94. The molecule has 0 unspecified atom stereocenters. The van der Waals surface area contributed by atoms with Crippen LogP contribution in [0.4, 0.5) is 4.39 Å². The van der Waals surface area contributed by atoms with E-state index in [1.165, 1.54) is 34.9 Å². The molecule has 0 spiro atoms. The van der Waals surface area contributed by atoms with Gasteiger partial charge in [0.05, 0.1) is 16.7 Å². The van der Waals surface area contributed by atoms with E-state index in [4.69, 9.17) is 0 Å². The number of benzene rings is 2. The predicted molar refractivity (Wildman–Crippen MR) is 65.5 cm³/mol. The van der Waals surface area contributed by atoms with Crippen molar-refractivity contribution in [3.63, 3.8) is 0 Å². The molecule has 0 aliphatic rings. The lowest BCUT2D eigenvalue weighted by molar-refractivity contribution is 0.475. The van der Waals surface area contributed by atoms with Crippen molar-refractivity contribution in [1.82, 2.24) is 9.55 Å². The molecule has 0 radical (unpaired) electrons. The van der Waals surface area contributed by atoms with E-state index in [0.717, 1.165) is 0 Å². The first-order chi connectivity index (χ1) is 8.65. The van der Waals surface area contributed by atoms with Gasteiger partial charge in [0.15, 0.2) is 0 Å². The number of nitrogens with one attached hydrogen (secondary N) is 1. The van der Waals surface area contributed by atoms with Crippen molar-refractivity contribution in [2.24, 2.45) is 0 Å². The van der Waals surface area contributed by atoms with E-state index in [1.54, 1.807) is 12.1 Å². The van der Waals surface area contributed by atoms with Gasteiger partial charge < -0.3 is 10.1 Å². The van der Waals surface area contributed by atoms with Crippen LogP contribution in [0, 0.1) is 5.82 Å². The third-order valence-electron chi connectivity index (χ3n) is 2.75. The number of rotatable bonds is 1. The van der Waals surface area contributed by atoms with E-state index >= 15 is 0 Å². The molecule has 2 aromatic carbocycles. The molecular formula is C13H9FN2O2. The van der Waals surface area contributed by atoms with Crippen LogP contribution in [0.25, 0.3) is 16.7 Å². The number of aromatic amines is 1. The van der Waals surface area contributed by atoms with Gasteiger partial charge in [0.25, 0.3) is 0 Å². The molecule has 3 rings (SSSR count). The van der Waals surface area contributed by atoms with Gasteiger partial charge in [0.2, 0.25) is 0 Å². The zero-order valence-corrected chi connectivity index (χ0v) is 9.22. The Hall–Kier alpha value is -2.56. The minimum absolute atomic E-state index is 0.109. The summed E-state index contributed by atoms with van der Waals surface area (Å²) >= 11 is 0. The Morgan fingerprint density at radius 3 is 2.56 bits per heavy atom. The zero-order valence-electron chi connectivity index (χ0n) is 9.22. The number of phenolic OH excluding ortho intramolecular Hbond substituents is 1. The van der Waals surface area contributed by atoms with Gasteiger partial charge in [0, 0.05) is 6.07 Å². The Morgan fingerprint density at radius 2 is 1.83 bits per heavy atom. The summed E-state index contributed by atoms with van der Waals surface area (Å²) in [7, 11) is 0. The summed E-state index contributed by atoms with van der Waals surface area (Å²) in [6.45, 7) is 0. The predicted octanol–water partition coefficient (Wildman–Crippen LogP) is 2.16. The minimum Gasteiger partial charge on any atom is -0.508 e. The molecule has 0 saturated carbocycles. The highest BCUT2D eigenvalue weighted by atomic mass is 19.1. The Kier molecular flexibility index (Phi) is 2.19. The first-order valence-corrected chi connectivity index (χ1v) is 5.35. The van der Waals surface area contributed by atoms with Crippen LogP contribution in [0.15, 0.2) is 47.3 Å². The van der Waals surface area contributed by atoms with Crippen LogP contribution < -0.4 is 5.69 Å². The van der Waals surface area contributed by atoms with Gasteiger partial charge in [-0.3, -0.25) is 4.57 Å². The average Bonchev–Trinajstić information content (AvgIpc) is 2.66. The quantitative estimate of drug-likeness (QED) is 0.689. The van der Waals surface area contributed by atoms with Crippen LogP contribution >= 0.6 is 0 Å². The number of phenols is 1. The number of imidazole rings is 1. The summed E-state index contributed by atoms with van der Waals surface area (Å²) in [6, 6.07) is 10.2. The van der Waals surface area contributed by atoms with E-state index < -0.39 is 5.82 Å². The molecule has 0 atom stereocenters. The SMILES string of the molecule is O=c1[nH]c2ccc(F)cc2n1-c1ccc(O)cc1. The molecule has 0 fully saturated rings. The summed E-state index contributed by atoms with van der Waals surface area (Å²) in [5.74, 6) is -0.299. The number of hydrogen-bond donors (Lipinski definition) is 2. The van der Waals surface area contributed by atoms with Crippen LogP contribution in [0.3, 0.4) is 0 Å². The second kappa shape index (κ2) is 3.73. The Balaban J connectivity index is 2.34. The van der Waals surface area contributed by atoms with Crippen molar-refractivity contribution in [3.05, 3.63) is 58.8 Å². The lowest BCUT2D eigenvalue weighted by Gasteiger charge is -2.03. The first-order valence-electron chi connectivity index (χ1n) is 5.35. The Bertz CT molecular complexity index is 772. The highest BCUT2D eigenvalue weighted by Crippen LogP contribution is 2.18. The standard InChI is InChI=1S/C13H9FN2O2/c14-8-1-6-11-12(7-8)16(13(18)15-11)9-2-4-10(17)5-3-9/h1-7,17H,(H,15,18). The highest BCUT2D eigenvalue weighted by molar-refractivity contribution is 5.77. The lowest BCUT2D eigenvalue weighted by atomic mass is 10.2. The van der Waals surface area contributed by atoms with Gasteiger partial charge in [-0.05, 0) is 36.4 Å². The minimum atomic E-state index is -0.408. The number of aromatic nitrogens is 2. The van der Waals surface area contributed by atoms with Gasteiger partial charge in [-0.1, -0.05) is 0 Å². The topological polar surface area (TPSA) is 58.0 Å². The molecule has 4 nitrogen and oxygen atoms in total. The summed E-state index contributed by atoms with van der Waals surface area (Å²) < 4.78 is 14.6. The number of H-pyrrole nitrogens is 1. The third kappa shape index (κ3) is 1.57. The van der Waals surface area contributed by atoms with Gasteiger partial charge >= 0.3 is 5.69 Å². The van der Waals surface area contributed by atoms with E-state index in [0.29, 0.717) is 16.7 Å². The molecule has 90 valence electrons. The van der Waals surface area contributed by atoms with E-state index in [9.17, 15) is 14.3 Å². The monoisotopic (exact) mass is 244 g/mol. The smallest absolute Gasteiger partial charge is 0.331 e. The van der Waals surface area contributed by atoms with Gasteiger partial charge in [-0.25, -0.2) is 9.18 Å². The van der Waals surface area contributed by atoms with Crippen molar-refractivity contribution >= 4 is 11.0 Å². The van der Waals surface area contributed by atoms with Gasteiger partial charge in [-0.2, -0.15) is 0 Å². The van der Waals surface area contributed by atoms with Crippen LogP contribution in [-0.4, -0.2) is 14.7 Å². The molecule has 0 bridgehead atoms. The molecular weight excluding hydrogens is 235 g/mol. The maximum absolute atomic E-state index is 13.2. The molecule has 3 aromatic rings. The molecule has 18 heavy (non-hydrogen) atoms. The van der Waals surface area contributed by atoms with Crippen molar-refractivity contribution in [1.29, 1.82) is 0 Å². The number of halogens is 1. The van der Waals surface area contributed by atoms with E-state index in [2.05, 4.69) is 4.98 Å². The molecule has 2 N–H and O–H groups in total. The normalized spacial score (nSPS) is 10.9. The molecule has 1 aromatic heterocycles. The van der Waals surface area contributed by atoms with Crippen LogP contribution in [0.1, 0.15) is 0 Å². The molecule has 0 amide bonds. The number of nitrogens with zero attached hydrogens (tertiary/aromatic N) is 1. The van der Waals surface area contributed by atoms with Gasteiger partial charge in [-0.15, -0.1) is 0 Å². The molecule has 0 aliphatic carbocycles. The zero-order chi connectivity index (χ0) is 12.7. The largest absolute Gasteiger partial charge is 0.508 e. The summed E-state index contributed by atoms with van der Waals surface area (Å²) in [6.07, 6.45) is 0. The molecule has 5 heteroatoms.